The lowest BCUT2D eigenvalue weighted by atomic mass is 10.0. The van der Waals surface area contributed by atoms with Crippen molar-refractivity contribution in [1.29, 1.82) is 0 Å². The third kappa shape index (κ3) is 2.43. The number of nitrogens with one attached hydrogen (secondary N) is 1. The van der Waals surface area contributed by atoms with Crippen LogP contribution >= 0.6 is 0 Å². The van der Waals surface area contributed by atoms with Crippen molar-refractivity contribution in [2.24, 2.45) is 5.11 Å². The Morgan fingerprint density at radius 3 is 2.75 bits per heavy atom. The van der Waals surface area contributed by atoms with Crippen LogP contribution < -0.4 is 0 Å². The van der Waals surface area contributed by atoms with Gasteiger partial charge in [0.25, 0.3) is 0 Å². The van der Waals surface area contributed by atoms with Crippen molar-refractivity contribution >= 4 is 16.9 Å². The Hall–Kier alpha value is -2.54. The summed E-state index contributed by atoms with van der Waals surface area (Å²) in [5.74, 6) is -1.24. The highest BCUT2D eigenvalue weighted by Gasteiger charge is 2.27. The zero-order chi connectivity index (χ0) is 14.7. The SMILES string of the molecule is [N-]=[N+]=NCC(O)C(O)c1c(C(=O)O)[nH]c2ccccc12. The summed E-state index contributed by atoms with van der Waals surface area (Å²) in [4.78, 5) is 16.4. The summed E-state index contributed by atoms with van der Waals surface area (Å²) in [7, 11) is 0. The van der Waals surface area contributed by atoms with E-state index in [2.05, 4.69) is 15.0 Å². The molecule has 0 spiro atoms. The summed E-state index contributed by atoms with van der Waals surface area (Å²) in [5.41, 5.74) is 8.63. The number of aliphatic hydroxyl groups excluding tert-OH is 2. The van der Waals surface area contributed by atoms with Gasteiger partial charge in [-0.1, -0.05) is 23.3 Å². The molecule has 4 N–H and O–H groups in total. The number of rotatable bonds is 5. The van der Waals surface area contributed by atoms with E-state index in [4.69, 9.17) is 10.6 Å². The number of fused-ring (bicyclic) bond motifs is 1. The Labute approximate surface area is 112 Å². The van der Waals surface area contributed by atoms with Gasteiger partial charge in [0.15, 0.2) is 0 Å². The highest BCUT2D eigenvalue weighted by Crippen LogP contribution is 2.30. The first-order valence-corrected chi connectivity index (χ1v) is 5.77. The molecule has 2 rings (SSSR count). The fourth-order valence-electron chi connectivity index (χ4n) is 2.05. The van der Waals surface area contributed by atoms with E-state index in [1.807, 2.05) is 0 Å². The number of carboxylic acids is 1. The number of aromatic carboxylic acids is 1. The smallest absolute Gasteiger partial charge is 0.352 e. The fraction of sp³-hybridized carbons (Fsp3) is 0.250. The van der Waals surface area contributed by atoms with Gasteiger partial charge < -0.3 is 20.3 Å². The minimum atomic E-state index is -1.47. The zero-order valence-corrected chi connectivity index (χ0v) is 10.3. The van der Waals surface area contributed by atoms with Gasteiger partial charge in [-0.25, -0.2) is 4.79 Å². The first-order chi connectivity index (χ1) is 9.56. The van der Waals surface area contributed by atoms with E-state index in [1.165, 1.54) is 0 Å². The Balaban J connectivity index is 2.53. The van der Waals surface area contributed by atoms with Crippen molar-refractivity contribution in [1.82, 2.24) is 4.98 Å². The van der Waals surface area contributed by atoms with Gasteiger partial charge in [0, 0.05) is 21.4 Å². The maximum absolute atomic E-state index is 11.2. The first kappa shape index (κ1) is 13.9. The largest absolute Gasteiger partial charge is 0.477 e. The average molecular weight is 276 g/mol. The lowest BCUT2D eigenvalue weighted by molar-refractivity contribution is 0.0241. The third-order valence-electron chi connectivity index (χ3n) is 2.95. The van der Waals surface area contributed by atoms with E-state index in [-0.39, 0.29) is 17.8 Å². The highest BCUT2D eigenvalue weighted by atomic mass is 16.4. The van der Waals surface area contributed by atoms with E-state index in [0.29, 0.717) is 10.9 Å². The van der Waals surface area contributed by atoms with Crippen LogP contribution in [0.25, 0.3) is 21.3 Å². The van der Waals surface area contributed by atoms with Crippen LogP contribution in [0, 0.1) is 0 Å². The molecule has 0 aliphatic carbocycles. The van der Waals surface area contributed by atoms with Crippen molar-refractivity contribution in [3.8, 4) is 0 Å². The highest BCUT2D eigenvalue weighted by molar-refractivity contribution is 5.97. The summed E-state index contributed by atoms with van der Waals surface area (Å²) in [6.45, 7) is -0.351. The van der Waals surface area contributed by atoms with E-state index < -0.39 is 18.2 Å². The second-order valence-electron chi connectivity index (χ2n) is 4.19. The molecule has 0 fully saturated rings. The number of hydrogen-bond acceptors (Lipinski definition) is 4. The molecule has 0 saturated heterocycles. The normalized spacial score (nSPS) is 13.7. The molecular weight excluding hydrogens is 264 g/mol. The third-order valence-corrected chi connectivity index (χ3v) is 2.95. The van der Waals surface area contributed by atoms with Gasteiger partial charge in [-0.15, -0.1) is 0 Å². The summed E-state index contributed by atoms with van der Waals surface area (Å²) >= 11 is 0. The monoisotopic (exact) mass is 276 g/mol. The number of para-hydroxylation sites is 1. The second-order valence-corrected chi connectivity index (χ2v) is 4.19. The van der Waals surface area contributed by atoms with Crippen molar-refractivity contribution in [2.75, 3.05) is 6.54 Å². The van der Waals surface area contributed by atoms with Gasteiger partial charge in [0.05, 0.1) is 12.6 Å². The second kappa shape index (κ2) is 5.62. The first-order valence-electron chi connectivity index (χ1n) is 5.77. The number of hydrogen-bond donors (Lipinski definition) is 4. The molecule has 104 valence electrons. The molecule has 0 aliphatic heterocycles. The van der Waals surface area contributed by atoms with Gasteiger partial charge in [-0.05, 0) is 11.6 Å². The van der Waals surface area contributed by atoms with Crippen LogP contribution in [-0.4, -0.2) is 38.9 Å². The predicted octanol–water partition coefficient (Wildman–Crippen LogP) is 1.57. The fourth-order valence-corrected chi connectivity index (χ4v) is 2.05. The van der Waals surface area contributed by atoms with E-state index in [1.54, 1.807) is 24.3 Å². The van der Waals surface area contributed by atoms with Crippen molar-refractivity contribution in [2.45, 2.75) is 12.2 Å². The molecule has 1 heterocycles. The van der Waals surface area contributed by atoms with Crippen LogP contribution in [0.5, 0.6) is 0 Å². The van der Waals surface area contributed by atoms with Gasteiger partial charge in [-0.2, -0.15) is 0 Å². The maximum atomic E-state index is 11.2. The average Bonchev–Trinajstić information content (AvgIpc) is 2.83. The number of aliphatic hydroxyl groups is 2. The van der Waals surface area contributed by atoms with Crippen LogP contribution in [-0.2, 0) is 0 Å². The quantitative estimate of drug-likeness (QED) is 0.373. The number of carbonyl (C=O) groups is 1. The van der Waals surface area contributed by atoms with Crippen molar-refractivity contribution < 1.29 is 20.1 Å². The number of aromatic nitrogens is 1. The van der Waals surface area contributed by atoms with Crippen LogP contribution in [0.15, 0.2) is 29.4 Å². The molecule has 20 heavy (non-hydrogen) atoms. The van der Waals surface area contributed by atoms with Crippen LogP contribution in [0.4, 0.5) is 0 Å². The number of carboxylic acid groups (broad SMARTS) is 1. The number of nitrogens with zero attached hydrogens (tertiary/aromatic N) is 3. The van der Waals surface area contributed by atoms with Crippen LogP contribution in [0.3, 0.4) is 0 Å². The molecule has 8 heteroatoms. The molecule has 0 aliphatic rings. The van der Waals surface area contributed by atoms with Crippen molar-refractivity contribution in [3.63, 3.8) is 0 Å². The Morgan fingerprint density at radius 2 is 2.10 bits per heavy atom. The minimum Gasteiger partial charge on any atom is -0.477 e. The lowest BCUT2D eigenvalue weighted by Gasteiger charge is -2.16. The number of H-pyrrole nitrogens is 1. The summed E-state index contributed by atoms with van der Waals surface area (Å²) in [6, 6.07) is 6.71. The lowest BCUT2D eigenvalue weighted by Crippen LogP contribution is -2.22. The molecule has 0 bridgehead atoms. The number of aromatic amines is 1. The van der Waals surface area contributed by atoms with Crippen LogP contribution in [0.1, 0.15) is 22.2 Å². The predicted molar refractivity (Wildman–Crippen MR) is 70.2 cm³/mol. The number of azide groups is 1. The van der Waals surface area contributed by atoms with E-state index >= 15 is 0 Å². The molecule has 0 saturated carbocycles. The topological polar surface area (TPSA) is 142 Å². The van der Waals surface area contributed by atoms with Crippen LogP contribution in [0.2, 0.25) is 0 Å². The van der Waals surface area contributed by atoms with Gasteiger partial charge in [0.1, 0.15) is 11.8 Å². The Kier molecular flexibility index (Phi) is 3.90. The van der Waals surface area contributed by atoms with Gasteiger partial charge >= 0.3 is 5.97 Å². The maximum Gasteiger partial charge on any atom is 0.352 e. The molecule has 0 amide bonds. The van der Waals surface area contributed by atoms with E-state index in [9.17, 15) is 15.0 Å². The zero-order valence-electron chi connectivity index (χ0n) is 10.3. The Morgan fingerprint density at radius 1 is 1.40 bits per heavy atom. The summed E-state index contributed by atoms with van der Waals surface area (Å²) in [5, 5.41) is 32.7. The standard InChI is InChI=1S/C12H12N4O4/c13-16-14-5-8(17)11(18)9-6-3-1-2-4-7(6)15-10(9)12(19)20/h1-4,8,11,15,17-18H,5H2,(H,19,20). The minimum absolute atomic E-state index is 0.0775. The molecule has 1 aromatic carbocycles. The van der Waals surface area contributed by atoms with Gasteiger partial charge in [0.2, 0.25) is 0 Å². The molecular formula is C12H12N4O4. The molecule has 8 nitrogen and oxygen atoms in total. The molecule has 0 radical (unpaired) electrons. The molecule has 1 aromatic heterocycles. The van der Waals surface area contributed by atoms with E-state index in [0.717, 1.165) is 0 Å². The number of benzene rings is 1. The van der Waals surface area contributed by atoms with Crippen molar-refractivity contribution in [3.05, 3.63) is 46.0 Å². The van der Waals surface area contributed by atoms with Gasteiger partial charge in [-0.3, -0.25) is 0 Å². The molecule has 2 atom stereocenters. The molecule has 2 unspecified atom stereocenters. The summed E-state index contributed by atoms with van der Waals surface area (Å²) in [6.07, 6.45) is -2.86. The molecule has 2 aromatic rings. The Bertz CT molecular complexity index is 690. The summed E-state index contributed by atoms with van der Waals surface area (Å²) < 4.78 is 0.